The normalized spacial score (nSPS) is 20.8. The van der Waals surface area contributed by atoms with Crippen LogP contribution >= 0.6 is 0 Å². The van der Waals surface area contributed by atoms with E-state index in [0.29, 0.717) is 12.2 Å². The van der Waals surface area contributed by atoms with Crippen LogP contribution < -0.4 is 5.73 Å². The van der Waals surface area contributed by atoms with Crippen molar-refractivity contribution < 1.29 is 9.13 Å². The van der Waals surface area contributed by atoms with Crippen LogP contribution in [0.5, 0.6) is 0 Å². The third-order valence-corrected chi connectivity index (χ3v) is 4.09. The summed E-state index contributed by atoms with van der Waals surface area (Å²) in [6, 6.07) is 1.25. The average Bonchev–Trinajstić information content (AvgIpc) is 2.66. The zero-order chi connectivity index (χ0) is 13.7. The molecule has 0 bridgehead atoms. The van der Waals surface area contributed by atoms with Crippen LogP contribution in [0, 0.1) is 5.82 Å². The summed E-state index contributed by atoms with van der Waals surface area (Å²) in [5.41, 5.74) is 6.46. The fraction of sp³-hybridized carbons (Fsp3) is 0.667. The van der Waals surface area contributed by atoms with Gasteiger partial charge in [-0.1, -0.05) is 25.7 Å². The third kappa shape index (κ3) is 3.12. The van der Waals surface area contributed by atoms with E-state index in [1.165, 1.54) is 19.0 Å². The van der Waals surface area contributed by atoms with Crippen molar-refractivity contribution in [2.45, 2.75) is 57.1 Å². The number of aromatic nitrogens is 1. The van der Waals surface area contributed by atoms with Crippen molar-refractivity contribution >= 4 is 0 Å². The van der Waals surface area contributed by atoms with E-state index >= 15 is 0 Å². The van der Waals surface area contributed by atoms with E-state index in [1.807, 2.05) is 6.92 Å². The molecular formula is C15H23FN2O. The molecule has 0 aromatic carbocycles. The molecule has 1 heterocycles. The Morgan fingerprint density at radius 3 is 2.63 bits per heavy atom. The van der Waals surface area contributed by atoms with Gasteiger partial charge in [0.25, 0.3) is 0 Å². The number of pyridine rings is 1. The molecule has 0 radical (unpaired) electrons. The van der Waals surface area contributed by atoms with Gasteiger partial charge in [-0.15, -0.1) is 0 Å². The smallest absolute Gasteiger partial charge is 0.146 e. The largest absolute Gasteiger partial charge is 0.373 e. The van der Waals surface area contributed by atoms with Crippen LogP contribution in [-0.2, 0) is 4.74 Å². The number of hydrogen-bond acceptors (Lipinski definition) is 3. The predicted octanol–water partition coefficient (Wildman–Crippen LogP) is 3.35. The highest BCUT2D eigenvalue weighted by atomic mass is 19.1. The minimum Gasteiger partial charge on any atom is -0.373 e. The fourth-order valence-electron chi connectivity index (χ4n) is 3.08. The van der Waals surface area contributed by atoms with Crippen molar-refractivity contribution in [2.75, 3.05) is 6.61 Å². The number of hydrogen-bond donors (Lipinski definition) is 1. The SMILES string of the molecule is CCOC1(C(N)c2ccncc2F)CCCCCC1. The fourth-order valence-corrected chi connectivity index (χ4v) is 3.08. The molecule has 2 rings (SSSR count). The number of nitrogens with zero attached hydrogens (tertiary/aromatic N) is 1. The van der Waals surface area contributed by atoms with Crippen molar-refractivity contribution in [3.05, 3.63) is 29.8 Å². The maximum atomic E-state index is 13.9. The molecule has 1 fully saturated rings. The molecule has 0 aliphatic heterocycles. The molecule has 0 saturated heterocycles. The first-order valence-electron chi connectivity index (χ1n) is 7.18. The second kappa shape index (κ2) is 6.44. The van der Waals surface area contributed by atoms with Crippen LogP contribution in [0.25, 0.3) is 0 Å². The molecule has 1 unspecified atom stereocenters. The number of rotatable bonds is 4. The minimum absolute atomic E-state index is 0.335. The third-order valence-electron chi connectivity index (χ3n) is 4.09. The van der Waals surface area contributed by atoms with E-state index in [0.717, 1.165) is 25.7 Å². The summed E-state index contributed by atoms with van der Waals surface area (Å²) in [5, 5.41) is 0. The summed E-state index contributed by atoms with van der Waals surface area (Å²) in [6.07, 6.45) is 9.25. The van der Waals surface area contributed by atoms with Crippen LogP contribution in [0.3, 0.4) is 0 Å². The first-order valence-corrected chi connectivity index (χ1v) is 7.18. The number of halogens is 1. The van der Waals surface area contributed by atoms with Gasteiger partial charge in [-0.25, -0.2) is 4.39 Å². The van der Waals surface area contributed by atoms with E-state index in [-0.39, 0.29) is 5.82 Å². The maximum Gasteiger partial charge on any atom is 0.146 e. The van der Waals surface area contributed by atoms with E-state index < -0.39 is 11.6 Å². The summed E-state index contributed by atoms with van der Waals surface area (Å²) in [4.78, 5) is 3.79. The van der Waals surface area contributed by atoms with Gasteiger partial charge in [0.2, 0.25) is 0 Å². The summed E-state index contributed by atoms with van der Waals surface area (Å²) < 4.78 is 19.9. The zero-order valence-corrected chi connectivity index (χ0v) is 11.6. The molecule has 19 heavy (non-hydrogen) atoms. The molecule has 1 aliphatic carbocycles. The van der Waals surface area contributed by atoms with Gasteiger partial charge < -0.3 is 10.5 Å². The van der Waals surface area contributed by atoms with E-state index in [9.17, 15) is 4.39 Å². The van der Waals surface area contributed by atoms with Crippen LogP contribution in [-0.4, -0.2) is 17.2 Å². The Labute approximate surface area is 114 Å². The van der Waals surface area contributed by atoms with Gasteiger partial charge in [0.1, 0.15) is 5.82 Å². The maximum absolute atomic E-state index is 13.9. The Balaban J connectivity index is 2.29. The molecule has 1 saturated carbocycles. The van der Waals surface area contributed by atoms with E-state index in [1.54, 1.807) is 12.3 Å². The number of ether oxygens (including phenoxy) is 1. The molecule has 1 aromatic heterocycles. The minimum atomic E-state index is -0.423. The molecule has 106 valence electrons. The topological polar surface area (TPSA) is 48.1 Å². The lowest BCUT2D eigenvalue weighted by Gasteiger charge is -2.38. The van der Waals surface area contributed by atoms with Gasteiger partial charge in [0.05, 0.1) is 17.8 Å². The van der Waals surface area contributed by atoms with Crippen LogP contribution in [0.1, 0.15) is 57.1 Å². The quantitative estimate of drug-likeness (QED) is 0.850. The standard InChI is InChI=1S/C15H23FN2O/c1-2-19-15(8-5-3-4-6-9-15)14(17)12-7-10-18-11-13(12)16/h7,10-11,14H,2-6,8-9,17H2,1H3. The first-order chi connectivity index (χ1) is 9.19. The van der Waals surface area contributed by atoms with Gasteiger partial charge in [0.15, 0.2) is 0 Å². The lowest BCUT2D eigenvalue weighted by Crippen LogP contribution is -2.44. The highest BCUT2D eigenvalue weighted by Gasteiger charge is 2.39. The highest BCUT2D eigenvalue weighted by Crippen LogP contribution is 2.39. The number of nitrogens with two attached hydrogens (primary N) is 1. The first kappa shape index (κ1) is 14.4. The van der Waals surface area contributed by atoms with Gasteiger partial charge >= 0.3 is 0 Å². The zero-order valence-electron chi connectivity index (χ0n) is 11.6. The average molecular weight is 266 g/mol. The van der Waals surface area contributed by atoms with Gasteiger partial charge in [-0.2, -0.15) is 0 Å². The van der Waals surface area contributed by atoms with Gasteiger partial charge in [0, 0.05) is 18.4 Å². The van der Waals surface area contributed by atoms with Crippen molar-refractivity contribution in [3.8, 4) is 0 Å². The molecule has 0 spiro atoms. The summed E-state index contributed by atoms with van der Waals surface area (Å²) >= 11 is 0. The molecular weight excluding hydrogens is 243 g/mol. The van der Waals surface area contributed by atoms with Crippen molar-refractivity contribution in [2.24, 2.45) is 5.73 Å². The second-order valence-corrected chi connectivity index (χ2v) is 5.29. The van der Waals surface area contributed by atoms with Crippen molar-refractivity contribution in [1.82, 2.24) is 4.98 Å². The van der Waals surface area contributed by atoms with Crippen LogP contribution in [0.2, 0.25) is 0 Å². The van der Waals surface area contributed by atoms with Gasteiger partial charge in [-0.3, -0.25) is 4.98 Å². The lowest BCUT2D eigenvalue weighted by molar-refractivity contribution is -0.0702. The molecule has 3 nitrogen and oxygen atoms in total. The predicted molar refractivity (Wildman–Crippen MR) is 73.2 cm³/mol. The molecule has 1 aliphatic rings. The highest BCUT2D eigenvalue weighted by molar-refractivity contribution is 5.21. The second-order valence-electron chi connectivity index (χ2n) is 5.29. The van der Waals surface area contributed by atoms with Gasteiger partial charge in [-0.05, 0) is 25.8 Å². The van der Waals surface area contributed by atoms with E-state index in [4.69, 9.17) is 10.5 Å². The molecule has 1 atom stereocenters. The van der Waals surface area contributed by atoms with Crippen molar-refractivity contribution in [1.29, 1.82) is 0 Å². The Morgan fingerprint density at radius 2 is 2.05 bits per heavy atom. The summed E-state index contributed by atoms with van der Waals surface area (Å²) in [6.45, 7) is 2.59. The van der Waals surface area contributed by atoms with Crippen LogP contribution in [0.15, 0.2) is 18.5 Å². The monoisotopic (exact) mass is 266 g/mol. The summed E-state index contributed by atoms with van der Waals surface area (Å²) in [5.74, 6) is -0.335. The molecule has 0 amide bonds. The molecule has 1 aromatic rings. The summed E-state index contributed by atoms with van der Waals surface area (Å²) in [7, 11) is 0. The Kier molecular flexibility index (Phi) is 4.88. The molecule has 2 N–H and O–H groups in total. The Morgan fingerprint density at radius 1 is 1.37 bits per heavy atom. The Bertz CT molecular complexity index is 403. The molecule has 4 heteroatoms. The van der Waals surface area contributed by atoms with Crippen molar-refractivity contribution in [3.63, 3.8) is 0 Å². The lowest BCUT2D eigenvalue weighted by atomic mass is 9.83. The van der Waals surface area contributed by atoms with E-state index in [2.05, 4.69) is 4.98 Å². The Hall–Kier alpha value is -1.00. The van der Waals surface area contributed by atoms with Crippen LogP contribution in [0.4, 0.5) is 4.39 Å².